The van der Waals surface area contributed by atoms with Gasteiger partial charge in [0, 0.05) is 23.7 Å². The van der Waals surface area contributed by atoms with Gasteiger partial charge in [-0.1, -0.05) is 11.6 Å². The lowest BCUT2D eigenvalue weighted by Gasteiger charge is -2.15. The lowest BCUT2D eigenvalue weighted by molar-refractivity contribution is 0.0765. The summed E-state index contributed by atoms with van der Waals surface area (Å²) in [6.07, 6.45) is 0.288. The summed E-state index contributed by atoms with van der Waals surface area (Å²) in [6, 6.07) is 5.24. The van der Waals surface area contributed by atoms with Crippen molar-refractivity contribution in [3.63, 3.8) is 0 Å². The summed E-state index contributed by atoms with van der Waals surface area (Å²) in [4.78, 5) is 13.7. The number of halogens is 1. The third kappa shape index (κ3) is 2.20. The van der Waals surface area contributed by atoms with Gasteiger partial charge in [-0.3, -0.25) is 4.79 Å². The van der Waals surface area contributed by atoms with Gasteiger partial charge in [-0.05, 0) is 37.1 Å². The van der Waals surface area contributed by atoms with Crippen LogP contribution in [-0.4, -0.2) is 35.1 Å². The van der Waals surface area contributed by atoms with Gasteiger partial charge < -0.3 is 10.0 Å². The predicted molar refractivity (Wildman–Crippen MR) is 62.7 cm³/mol. The summed E-state index contributed by atoms with van der Waals surface area (Å²) in [5.74, 6) is -0.0312. The molecule has 2 rings (SSSR count). The summed E-state index contributed by atoms with van der Waals surface area (Å²) in [6.45, 7) is 2.93. The van der Waals surface area contributed by atoms with Crippen molar-refractivity contribution >= 4 is 17.5 Å². The van der Waals surface area contributed by atoms with Gasteiger partial charge in [0.25, 0.3) is 5.91 Å². The molecule has 1 heterocycles. The Morgan fingerprint density at radius 3 is 2.88 bits per heavy atom. The summed E-state index contributed by atoms with van der Waals surface area (Å²) in [5.41, 5.74) is 1.53. The van der Waals surface area contributed by atoms with Crippen molar-refractivity contribution in [1.82, 2.24) is 4.90 Å². The van der Waals surface area contributed by atoms with Crippen molar-refractivity contribution in [2.45, 2.75) is 19.4 Å². The fourth-order valence-corrected chi connectivity index (χ4v) is 2.00. The van der Waals surface area contributed by atoms with Crippen molar-refractivity contribution in [2.24, 2.45) is 0 Å². The van der Waals surface area contributed by atoms with Crippen LogP contribution in [0.2, 0.25) is 5.02 Å². The molecule has 0 radical (unpaired) electrons. The maximum absolute atomic E-state index is 12.0. The maximum Gasteiger partial charge on any atom is 0.253 e. The predicted octanol–water partition coefficient (Wildman–Crippen LogP) is 1.86. The highest BCUT2D eigenvalue weighted by Gasteiger charge is 2.25. The molecule has 1 N–H and O–H groups in total. The van der Waals surface area contributed by atoms with E-state index in [2.05, 4.69) is 0 Å². The summed E-state index contributed by atoms with van der Waals surface area (Å²) in [7, 11) is 0. The second kappa shape index (κ2) is 4.44. The van der Waals surface area contributed by atoms with Gasteiger partial charge in [-0.15, -0.1) is 0 Å². The first-order valence-electron chi connectivity index (χ1n) is 5.31. The highest BCUT2D eigenvalue weighted by atomic mass is 35.5. The standard InChI is InChI=1S/C12H14ClNO2/c1-8-6-9(2-3-11(8)13)12(16)14-5-4-10(15)7-14/h2-3,6,10,15H,4-5,7H2,1H3/t10-/m0/s1. The van der Waals surface area contributed by atoms with Gasteiger partial charge >= 0.3 is 0 Å². The van der Waals surface area contributed by atoms with E-state index < -0.39 is 0 Å². The zero-order valence-corrected chi connectivity index (χ0v) is 9.87. The van der Waals surface area contributed by atoms with E-state index in [4.69, 9.17) is 11.6 Å². The van der Waals surface area contributed by atoms with Gasteiger partial charge in [0.2, 0.25) is 0 Å². The monoisotopic (exact) mass is 239 g/mol. The van der Waals surface area contributed by atoms with Crippen LogP contribution in [-0.2, 0) is 0 Å². The number of aliphatic hydroxyl groups is 1. The summed E-state index contributed by atoms with van der Waals surface area (Å²) < 4.78 is 0. The largest absolute Gasteiger partial charge is 0.391 e. The molecule has 1 saturated heterocycles. The zero-order chi connectivity index (χ0) is 11.7. The molecular formula is C12H14ClNO2. The Labute approximate surface area is 99.6 Å². The van der Waals surface area contributed by atoms with Crippen molar-refractivity contribution < 1.29 is 9.90 Å². The van der Waals surface area contributed by atoms with Gasteiger partial charge in [0.1, 0.15) is 0 Å². The number of hydrogen-bond acceptors (Lipinski definition) is 2. The number of amides is 1. The van der Waals surface area contributed by atoms with E-state index in [-0.39, 0.29) is 12.0 Å². The molecule has 0 bridgehead atoms. The molecule has 1 atom stereocenters. The Hall–Kier alpha value is -1.06. The Kier molecular flexibility index (Phi) is 3.17. The number of likely N-dealkylation sites (tertiary alicyclic amines) is 1. The molecule has 0 spiro atoms. The molecule has 0 aromatic heterocycles. The second-order valence-corrected chi connectivity index (χ2v) is 4.56. The Balaban J connectivity index is 2.18. The highest BCUT2D eigenvalue weighted by Crippen LogP contribution is 2.19. The van der Waals surface area contributed by atoms with Crippen LogP contribution >= 0.6 is 11.6 Å². The first-order valence-corrected chi connectivity index (χ1v) is 5.69. The summed E-state index contributed by atoms with van der Waals surface area (Å²) in [5, 5.41) is 10.0. The molecule has 0 unspecified atom stereocenters. The molecule has 16 heavy (non-hydrogen) atoms. The van der Waals surface area contributed by atoms with Crippen LogP contribution in [0.4, 0.5) is 0 Å². The van der Waals surface area contributed by atoms with E-state index in [9.17, 15) is 9.90 Å². The van der Waals surface area contributed by atoms with E-state index in [0.29, 0.717) is 30.1 Å². The van der Waals surface area contributed by atoms with Crippen LogP contribution in [0.5, 0.6) is 0 Å². The van der Waals surface area contributed by atoms with E-state index in [1.165, 1.54) is 0 Å². The molecule has 4 heteroatoms. The van der Waals surface area contributed by atoms with Crippen molar-refractivity contribution in [1.29, 1.82) is 0 Å². The molecule has 1 aromatic rings. The molecule has 1 aliphatic heterocycles. The maximum atomic E-state index is 12.0. The minimum atomic E-state index is -0.377. The number of carbonyl (C=O) groups is 1. The fourth-order valence-electron chi connectivity index (χ4n) is 1.89. The van der Waals surface area contributed by atoms with Crippen LogP contribution in [0, 0.1) is 6.92 Å². The topological polar surface area (TPSA) is 40.5 Å². The summed E-state index contributed by atoms with van der Waals surface area (Å²) >= 11 is 5.90. The molecule has 1 aliphatic rings. The first-order chi connectivity index (χ1) is 7.58. The molecule has 3 nitrogen and oxygen atoms in total. The number of β-amino-alcohol motifs (C(OH)–C–C–N with tert-alkyl or cyclic N) is 1. The molecule has 0 saturated carbocycles. The molecule has 1 fully saturated rings. The van der Waals surface area contributed by atoms with Gasteiger partial charge in [-0.2, -0.15) is 0 Å². The molecule has 86 valence electrons. The third-order valence-corrected chi connectivity index (χ3v) is 3.28. The average molecular weight is 240 g/mol. The number of carbonyl (C=O) groups excluding carboxylic acids is 1. The van der Waals surface area contributed by atoms with Crippen molar-refractivity contribution in [2.75, 3.05) is 13.1 Å². The third-order valence-electron chi connectivity index (χ3n) is 2.86. The lowest BCUT2D eigenvalue weighted by Crippen LogP contribution is -2.29. The minimum Gasteiger partial charge on any atom is -0.391 e. The number of aryl methyl sites for hydroxylation is 1. The van der Waals surface area contributed by atoms with Crippen molar-refractivity contribution in [3.05, 3.63) is 34.3 Å². The number of nitrogens with zero attached hydrogens (tertiary/aromatic N) is 1. The number of rotatable bonds is 1. The van der Waals surface area contributed by atoms with Gasteiger partial charge in [0.05, 0.1) is 6.10 Å². The first kappa shape index (κ1) is 11.4. The molecular weight excluding hydrogens is 226 g/mol. The molecule has 1 aromatic carbocycles. The van der Waals surface area contributed by atoms with E-state index in [1.807, 2.05) is 6.92 Å². The van der Waals surface area contributed by atoms with E-state index in [0.717, 1.165) is 5.56 Å². The normalized spacial score (nSPS) is 20.2. The zero-order valence-electron chi connectivity index (χ0n) is 9.11. The SMILES string of the molecule is Cc1cc(C(=O)N2CC[C@H](O)C2)ccc1Cl. The fraction of sp³-hybridized carbons (Fsp3) is 0.417. The number of benzene rings is 1. The average Bonchev–Trinajstić information content (AvgIpc) is 2.68. The highest BCUT2D eigenvalue weighted by molar-refractivity contribution is 6.31. The van der Waals surface area contributed by atoms with Crippen molar-refractivity contribution in [3.8, 4) is 0 Å². The Morgan fingerprint density at radius 2 is 2.31 bits per heavy atom. The second-order valence-electron chi connectivity index (χ2n) is 4.16. The Bertz CT molecular complexity index is 419. The Morgan fingerprint density at radius 1 is 1.56 bits per heavy atom. The van der Waals surface area contributed by atoms with Gasteiger partial charge in [-0.25, -0.2) is 0 Å². The quantitative estimate of drug-likeness (QED) is 0.813. The number of aliphatic hydroxyl groups excluding tert-OH is 1. The van der Waals surface area contributed by atoms with Crippen LogP contribution in [0.3, 0.4) is 0 Å². The molecule has 0 aliphatic carbocycles. The van der Waals surface area contributed by atoms with Crippen LogP contribution < -0.4 is 0 Å². The lowest BCUT2D eigenvalue weighted by atomic mass is 10.1. The number of hydrogen-bond donors (Lipinski definition) is 1. The van der Waals surface area contributed by atoms with Gasteiger partial charge in [0.15, 0.2) is 0 Å². The van der Waals surface area contributed by atoms with Crippen LogP contribution in [0.25, 0.3) is 0 Å². The van der Waals surface area contributed by atoms with Crippen LogP contribution in [0.1, 0.15) is 22.3 Å². The molecule has 1 amide bonds. The van der Waals surface area contributed by atoms with Crippen LogP contribution in [0.15, 0.2) is 18.2 Å². The minimum absolute atomic E-state index is 0.0312. The van der Waals surface area contributed by atoms with E-state index in [1.54, 1.807) is 23.1 Å². The van der Waals surface area contributed by atoms with E-state index >= 15 is 0 Å². The smallest absolute Gasteiger partial charge is 0.253 e.